The zero-order chi connectivity index (χ0) is 33.3. The maximum atomic E-state index is 12.3. The van der Waals surface area contributed by atoms with Crippen molar-refractivity contribution >= 4 is 19.8 Å². The Hall–Kier alpha value is -2.51. The van der Waals surface area contributed by atoms with Crippen LogP contribution in [0.15, 0.2) is 72.9 Å². The summed E-state index contributed by atoms with van der Waals surface area (Å²) in [6.45, 7) is 3.36. The summed E-state index contributed by atoms with van der Waals surface area (Å²) in [7, 11) is -4.76. The van der Waals surface area contributed by atoms with E-state index in [0.717, 1.165) is 64.2 Å². The average Bonchev–Trinajstić information content (AvgIpc) is 3.00. The first-order valence-corrected chi connectivity index (χ1v) is 18.3. The predicted octanol–water partition coefficient (Wildman–Crippen LogP) is 9.56. The molecule has 1 atom stereocenters. The van der Waals surface area contributed by atoms with E-state index in [4.69, 9.17) is 19.3 Å². The molecule has 0 spiro atoms. The van der Waals surface area contributed by atoms with Gasteiger partial charge in [-0.2, -0.15) is 0 Å². The van der Waals surface area contributed by atoms with Crippen LogP contribution in [-0.4, -0.2) is 41.0 Å². The molecule has 9 heteroatoms. The minimum Gasteiger partial charge on any atom is -0.462 e. The Morgan fingerprint density at radius 2 is 1.11 bits per heavy atom. The maximum absolute atomic E-state index is 12.3. The molecule has 0 aromatic heterocycles. The van der Waals surface area contributed by atoms with Gasteiger partial charge in [0.2, 0.25) is 0 Å². The molecule has 0 aromatic rings. The Morgan fingerprint density at radius 3 is 1.76 bits per heavy atom. The second kappa shape index (κ2) is 31.5. The van der Waals surface area contributed by atoms with E-state index in [2.05, 4.69) is 54.8 Å². The smallest absolute Gasteiger partial charge is 0.462 e. The molecule has 1 unspecified atom stereocenters. The van der Waals surface area contributed by atoms with E-state index in [0.29, 0.717) is 12.8 Å². The van der Waals surface area contributed by atoms with Crippen molar-refractivity contribution in [3.05, 3.63) is 72.9 Å². The van der Waals surface area contributed by atoms with Gasteiger partial charge in [-0.05, 0) is 57.8 Å². The van der Waals surface area contributed by atoms with Gasteiger partial charge in [0.25, 0.3) is 0 Å². The third-order valence-corrected chi connectivity index (χ3v) is 7.05. The van der Waals surface area contributed by atoms with Gasteiger partial charge in [0.1, 0.15) is 6.61 Å². The topological polar surface area (TPSA) is 119 Å². The Bertz CT molecular complexity index is 958. The number of carbonyl (C=O) groups excluding carboxylic acids is 2. The molecule has 0 aliphatic rings. The average molecular weight is 651 g/mol. The maximum Gasteiger partial charge on any atom is 0.469 e. The second-order valence-corrected chi connectivity index (χ2v) is 12.1. The van der Waals surface area contributed by atoms with Crippen molar-refractivity contribution in [3.63, 3.8) is 0 Å². The zero-order valence-corrected chi connectivity index (χ0v) is 28.6. The highest BCUT2D eigenvalue weighted by Crippen LogP contribution is 2.35. The molecule has 0 aliphatic carbocycles. The number of ether oxygens (including phenoxy) is 2. The van der Waals surface area contributed by atoms with Crippen molar-refractivity contribution in [2.24, 2.45) is 0 Å². The van der Waals surface area contributed by atoms with E-state index < -0.39 is 32.5 Å². The molecular formula is C36H59O8P. The summed E-state index contributed by atoms with van der Waals surface area (Å²) in [5.41, 5.74) is 0. The van der Waals surface area contributed by atoms with E-state index in [1.165, 1.54) is 19.3 Å². The van der Waals surface area contributed by atoms with Gasteiger partial charge < -0.3 is 19.3 Å². The van der Waals surface area contributed by atoms with E-state index in [1.54, 1.807) is 0 Å². The number of carbonyl (C=O) groups is 2. The van der Waals surface area contributed by atoms with Crippen LogP contribution < -0.4 is 0 Å². The van der Waals surface area contributed by atoms with Crippen LogP contribution in [0, 0.1) is 0 Å². The van der Waals surface area contributed by atoms with Crippen molar-refractivity contribution in [2.75, 3.05) is 13.2 Å². The van der Waals surface area contributed by atoms with Crippen molar-refractivity contribution in [1.82, 2.24) is 0 Å². The fourth-order valence-electron chi connectivity index (χ4n) is 4.12. The van der Waals surface area contributed by atoms with Crippen LogP contribution in [0.4, 0.5) is 0 Å². The number of unbranched alkanes of at least 4 members (excludes halogenated alkanes) is 10. The fourth-order valence-corrected chi connectivity index (χ4v) is 4.49. The van der Waals surface area contributed by atoms with E-state index in [-0.39, 0.29) is 19.4 Å². The molecule has 45 heavy (non-hydrogen) atoms. The summed E-state index contributed by atoms with van der Waals surface area (Å²) >= 11 is 0. The number of rotatable bonds is 29. The van der Waals surface area contributed by atoms with Gasteiger partial charge in [-0.3, -0.25) is 14.1 Å². The molecule has 2 N–H and O–H groups in total. The van der Waals surface area contributed by atoms with Crippen molar-refractivity contribution in [1.29, 1.82) is 0 Å². The summed E-state index contributed by atoms with van der Waals surface area (Å²) in [6.07, 6.45) is 39.1. The summed E-state index contributed by atoms with van der Waals surface area (Å²) in [4.78, 5) is 42.5. The van der Waals surface area contributed by atoms with Crippen molar-refractivity contribution in [2.45, 2.75) is 129 Å². The molecule has 0 bridgehead atoms. The number of phosphoric ester groups is 1. The van der Waals surface area contributed by atoms with Gasteiger partial charge in [-0.1, -0.05) is 125 Å². The van der Waals surface area contributed by atoms with Crippen molar-refractivity contribution < 1.29 is 37.9 Å². The molecule has 0 heterocycles. The largest absolute Gasteiger partial charge is 0.469 e. The van der Waals surface area contributed by atoms with Crippen LogP contribution in [0.2, 0.25) is 0 Å². The third-order valence-electron chi connectivity index (χ3n) is 6.56. The number of hydrogen-bond donors (Lipinski definition) is 2. The Kier molecular flexibility index (Phi) is 29.7. The number of allylic oxidation sites excluding steroid dienone is 12. The summed E-state index contributed by atoms with van der Waals surface area (Å²) in [5, 5.41) is 0. The second-order valence-electron chi connectivity index (χ2n) is 10.8. The molecule has 0 rings (SSSR count). The number of hydrogen-bond acceptors (Lipinski definition) is 6. The van der Waals surface area contributed by atoms with E-state index in [9.17, 15) is 14.2 Å². The van der Waals surface area contributed by atoms with E-state index >= 15 is 0 Å². The molecule has 0 radical (unpaired) electrons. The van der Waals surface area contributed by atoms with Gasteiger partial charge in [0, 0.05) is 12.8 Å². The Morgan fingerprint density at radius 1 is 0.600 bits per heavy atom. The van der Waals surface area contributed by atoms with Gasteiger partial charge in [-0.15, -0.1) is 0 Å². The lowest BCUT2D eigenvalue weighted by Crippen LogP contribution is -2.29. The lowest BCUT2D eigenvalue weighted by atomic mass is 10.1. The van der Waals surface area contributed by atoms with Gasteiger partial charge in [-0.25, -0.2) is 4.57 Å². The molecule has 0 aromatic carbocycles. The van der Waals surface area contributed by atoms with E-state index in [1.807, 2.05) is 36.5 Å². The predicted molar refractivity (Wildman–Crippen MR) is 184 cm³/mol. The zero-order valence-electron chi connectivity index (χ0n) is 27.7. The molecule has 0 aliphatic heterocycles. The minimum absolute atomic E-state index is 0.160. The van der Waals surface area contributed by atoms with Crippen molar-refractivity contribution in [3.8, 4) is 0 Å². The highest BCUT2D eigenvalue weighted by Gasteiger charge is 2.22. The van der Waals surface area contributed by atoms with Crippen LogP contribution in [0.5, 0.6) is 0 Å². The lowest BCUT2D eigenvalue weighted by molar-refractivity contribution is -0.161. The lowest BCUT2D eigenvalue weighted by Gasteiger charge is -2.18. The molecule has 8 nitrogen and oxygen atoms in total. The molecule has 0 fully saturated rings. The normalized spacial score (nSPS) is 13.4. The van der Waals surface area contributed by atoms with Crippen LogP contribution >= 0.6 is 7.82 Å². The SMILES string of the molecule is CC/C=C/C=C/C=C/C=C/CCCCCC(=O)OC(COC(=O)CCCCCCCCC/C=C/C/C=C/CC)COP(=O)(O)O. The van der Waals surface area contributed by atoms with Crippen LogP contribution in [0.25, 0.3) is 0 Å². The first kappa shape index (κ1) is 42.5. The van der Waals surface area contributed by atoms with Gasteiger partial charge >= 0.3 is 19.8 Å². The minimum atomic E-state index is -4.76. The Labute approximate surface area is 272 Å². The summed E-state index contributed by atoms with van der Waals surface area (Å²) in [5.74, 6) is -0.951. The van der Waals surface area contributed by atoms with Crippen LogP contribution in [0.3, 0.4) is 0 Å². The standard InChI is InChI=1S/C36H59O8P/c1-3-5-7-9-11-13-15-17-19-20-22-24-26-28-30-35(37)42-32-34(33-43-45(39,40)41)44-36(38)31-29-27-25-23-21-18-16-14-12-10-8-6-4-2/h5-8,10-14,16,18,21,34H,3-4,9,15,17,19-20,22-33H2,1-2H3,(H2,39,40,41)/b7-5+,8-6+,12-10+,13-11+,16-14+,21-18+. The van der Waals surface area contributed by atoms with Crippen LogP contribution in [0.1, 0.15) is 123 Å². The monoisotopic (exact) mass is 650 g/mol. The third kappa shape index (κ3) is 34.2. The van der Waals surface area contributed by atoms with Gasteiger partial charge in [0.15, 0.2) is 6.10 Å². The molecule has 0 saturated carbocycles. The first-order valence-electron chi connectivity index (χ1n) is 16.8. The molecule has 0 amide bonds. The fraction of sp³-hybridized carbons (Fsp3) is 0.611. The molecular weight excluding hydrogens is 591 g/mol. The summed E-state index contributed by atoms with van der Waals surface area (Å²) in [6, 6.07) is 0. The number of esters is 2. The highest BCUT2D eigenvalue weighted by molar-refractivity contribution is 7.46. The van der Waals surface area contributed by atoms with Crippen LogP contribution in [-0.2, 0) is 28.2 Å². The molecule has 256 valence electrons. The Balaban J connectivity index is 4.11. The first-order chi connectivity index (χ1) is 21.8. The quantitative estimate of drug-likeness (QED) is 0.0270. The summed E-state index contributed by atoms with van der Waals surface area (Å²) < 4.78 is 26.2. The van der Waals surface area contributed by atoms with Gasteiger partial charge in [0.05, 0.1) is 6.61 Å². The number of phosphoric acid groups is 1. The highest BCUT2D eigenvalue weighted by atomic mass is 31.2. The molecule has 0 saturated heterocycles.